The molecular formula is C16H14ClN3O2. The molecule has 0 atom stereocenters. The molecule has 1 amide bonds. The number of ether oxygens (including phenoxy) is 1. The average Bonchev–Trinajstić information content (AvgIpc) is 2.47. The van der Waals surface area contributed by atoms with Crippen LogP contribution >= 0.6 is 11.6 Å². The number of carbonyl (C=O) groups is 1. The van der Waals surface area contributed by atoms with Crippen LogP contribution in [-0.4, -0.2) is 5.91 Å². The zero-order chi connectivity index (χ0) is 16.1. The first-order valence-electron chi connectivity index (χ1n) is 6.60. The van der Waals surface area contributed by atoms with Gasteiger partial charge in [0.15, 0.2) is 0 Å². The Morgan fingerprint density at radius 2 is 2.09 bits per heavy atom. The summed E-state index contributed by atoms with van der Waals surface area (Å²) in [4.78, 5) is 14.3. The first-order valence-corrected chi connectivity index (χ1v) is 6.97. The number of benzene rings is 2. The third kappa shape index (κ3) is 3.58. The summed E-state index contributed by atoms with van der Waals surface area (Å²) in [6.45, 7) is 4.06. The van der Waals surface area contributed by atoms with Gasteiger partial charge in [-0.05, 0) is 42.2 Å². The van der Waals surface area contributed by atoms with E-state index in [-0.39, 0.29) is 12.2 Å². The van der Waals surface area contributed by atoms with Gasteiger partial charge in [0.1, 0.15) is 12.4 Å². The molecule has 2 aromatic rings. The number of nitrogens with zero attached hydrogens (tertiary/aromatic N) is 3. The lowest BCUT2D eigenvalue weighted by atomic mass is 10.1. The van der Waals surface area contributed by atoms with Gasteiger partial charge in [0.05, 0.1) is 0 Å². The van der Waals surface area contributed by atoms with Crippen molar-refractivity contribution in [3.8, 4) is 5.75 Å². The highest BCUT2D eigenvalue weighted by atomic mass is 35.5. The van der Waals surface area contributed by atoms with E-state index in [2.05, 4.69) is 10.0 Å². The number of azide groups is 1. The van der Waals surface area contributed by atoms with E-state index in [1.807, 2.05) is 32.0 Å². The second-order valence-corrected chi connectivity index (χ2v) is 5.23. The van der Waals surface area contributed by atoms with Crippen LogP contribution in [0.1, 0.15) is 27.0 Å². The van der Waals surface area contributed by atoms with Crippen molar-refractivity contribution < 1.29 is 9.53 Å². The maximum Gasteiger partial charge on any atom is 0.249 e. The van der Waals surface area contributed by atoms with Gasteiger partial charge in [-0.15, -0.1) is 0 Å². The highest BCUT2D eigenvalue weighted by Crippen LogP contribution is 2.25. The van der Waals surface area contributed by atoms with Crippen molar-refractivity contribution in [1.29, 1.82) is 0 Å². The van der Waals surface area contributed by atoms with Crippen LogP contribution < -0.4 is 4.74 Å². The fourth-order valence-electron chi connectivity index (χ4n) is 2.11. The number of amides is 1. The van der Waals surface area contributed by atoms with Crippen molar-refractivity contribution >= 4 is 17.5 Å². The standard InChI is InChI=1S/C16H14ClN3O2/c1-10-6-7-15(11(2)8-10)22-9-13-12(16(21)19-20-18)4-3-5-14(13)17/h3-8H,9H2,1-2H3. The van der Waals surface area contributed by atoms with Crippen LogP contribution in [0.5, 0.6) is 5.75 Å². The quantitative estimate of drug-likeness (QED) is 0.453. The zero-order valence-electron chi connectivity index (χ0n) is 12.2. The molecule has 0 saturated heterocycles. The first kappa shape index (κ1) is 15.9. The van der Waals surface area contributed by atoms with E-state index < -0.39 is 5.91 Å². The van der Waals surface area contributed by atoms with E-state index in [4.69, 9.17) is 21.9 Å². The summed E-state index contributed by atoms with van der Waals surface area (Å²) in [6.07, 6.45) is 0. The molecule has 0 radical (unpaired) electrons. The molecule has 6 heteroatoms. The Morgan fingerprint density at radius 3 is 2.77 bits per heavy atom. The van der Waals surface area contributed by atoms with Crippen LogP contribution in [0.15, 0.2) is 41.5 Å². The smallest absolute Gasteiger partial charge is 0.249 e. The fourth-order valence-corrected chi connectivity index (χ4v) is 2.34. The summed E-state index contributed by atoms with van der Waals surface area (Å²) in [5, 5.41) is 3.50. The Morgan fingerprint density at radius 1 is 1.32 bits per heavy atom. The largest absolute Gasteiger partial charge is 0.489 e. The Kier molecular flexibility index (Phi) is 5.04. The molecule has 2 aromatic carbocycles. The predicted molar refractivity (Wildman–Crippen MR) is 85.2 cm³/mol. The lowest BCUT2D eigenvalue weighted by molar-refractivity contribution is 0.0998. The summed E-state index contributed by atoms with van der Waals surface area (Å²) in [5.74, 6) is 0.0388. The zero-order valence-corrected chi connectivity index (χ0v) is 13.0. The maximum absolute atomic E-state index is 11.8. The molecule has 0 bridgehead atoms. The van der Waals surface area contributed by atoms with Crippen molar-refractivity contribution in [3.05, 3.63) is 74.1 Å². The van der Waals surface area contributed by atoms with Gasteiger partial charge in [-0.2, -0.15) is 0 Å². The molecule has 0 spiro atoms. The van der Waals surface area contributed by atoms with Gasteiger partial charge in [0.2, 0.25) is 5.91 Å². The summed E-state index contributed by atoms with van der Waals surface area (Å²) in [7, 11) is 0. The van der Waals surface area contributed by atoms with Gasteiger partial charge in [0.25, 0.3) is 0 Å². The number of carbonyl (C=O) groups excluding carboxylic acids is 1. The van der Waals surface area contributed by atoms with E-state index in [0.29, 0.717) is 16.3 Å². The van der Waals surface area contributed by atoms with Gasteiger partial charge >= 0.3 is 0 Å². The second kappa shape index (κ2) is 6.98. The van der Waals surface area contributed by atoms with Gasteiger partial charge in [-0.25, -0.2) is 0 Å². The maximum atomic E-state index is 11.8. The number of aryl methyl sites for hydroxylation is 2. The Hall–Kier alpha value is -2.49. The van der Waals surface area contributed by atoms with E-state index in [1.165, 1.54) is 0 Å². The van der Waals surface area contributed by atoms with E-state index in [1.54, 1.807) is 18.2 Å². The minimum absolute atomic E-state index is 0.117. The molecule has 0 unspecified atom stereocenters. The third-order valence-corrected chi connectivity index (χ3v) is 3.54. The molecular weight excluding hydrogens is 302 g/mol. The molecule has 0 fully saturated rings. The summed E-state index contributed by atoms with van der Waals surface area (Å²) in [5.41, 5.74) is 11.3. The van der Waals surface area contributed by atoms with Crippen LogP contribution in [-0.2, 0) is 6.61 Å². The molecule has 2 rings (SSSR count). The molecule has 112 valence electrons. The van der Waals surface area contributed by atoms with Gasteiger partial charge in [-0.3, -0.25) is 4.79 Å². The molecule has 0 aliphatic carbocycles. The lowest BCUT2D eigenvalue weighted by Gasteiger charge is -2.13. The lowest BCUT2D eigenvalue weighted by Crippen LogP contribution is -2.05. The van der Waals surface area contributed by atoms with Crippen molar-refractivity contribution in [3.63, 3.8) is 0 Å². The van der Waals surface area contributed by atoms with Crippen molar-refractivity contribution in [2.45, 2.75) is 20.5 Å². The molecule has 0 aromatic heterocycles. The molecule has 5 nitrogen and oxygen atoms in total. The number of halogens is 1. The minimum atomic E-state index is -0.677. The van der Waals surface area contributed by atoms with Gasteiger partial charge in [0, 0.05) is 21.1 Å². The first-order chi connectivity index (χ1) is 10.5. The molecule has 0 heterocycles. The monoisotopic (exact) mass is 315 g/mol. The topological polar surface area (TPSA) is 75.1 Å². The number of rotatable bonds is 4. The predicted octanol–water partition coefficient (Wildman–Crippen LogP) is 4.99. The normalized spacial score (nSPS) is 9.95. The van der Waals surface area contributed by atoms with Crippen LogP contribution in [0.25, 0.3) is 10.4 Å². The highest BCUT2D eigenvalue weighted by molar-refractivity contribution is 6.31. The van der Waals surface area contributed by atoms with Crippen LogP contribution in [0.4, 0.5) is 0 Å². The minimum Gasteiger partial charge on any atom is -0.489 e. The van der Waals surface area contributed by atoms with Crippen LogP contribution in [0.2, 0.25) is 5.02 Å². The van der Waals surface area contributed by atoms with E-state index in [0.717, 1.165) is 11.1 Å². The summed E-state index contributed by atoms with van der Waals surface area (Å²) >= 11 is 6.14. The SMILES string of the molecule is Cc1ccc(OCc2c(Cl)cccc2C(=O)N=[N+]=[N-])c(C)c1. The van der Waals surface area contributed by atoms with Crippen molar-refractivity contribution in [2.75, 3.05) is 0 Å². The van der Waals surface area contributed by atoms with Crippen LogP contribution in [0, 0.1) is 13.8 Å². The fraction of sp³-hybridized carbons (Fsp3) is 0.188. The molecule has 0 N–H and O–H groups in total. The molecule has 22 heavy (non-hydrogen) atoms. The van der Waals surface area contributed by atoms with E-state index in [9.17, 15) is 4.79 Å². The number of hydrogen-bond donors (Lipinski definition) is 0. The molecule has 0 aliphatic heterocycles. The Balaban J connectivity index is 2.29. The average molecular weight is 316 g/mol. The van der Waals surface area contributed by atoms with Crippen LogP contribution in [0.3, 0.4) is 0 Å². The molecule has 0 aliphatic rings. The van der Waals surface area contributed by atoms with Crippen molar-refractivity contribution in [2.24, 2.45) is 5.11 Å². The van der Waals surface area contributed by atoms with Crippen molar-refractivity contribution in [1.82, 2.24) is 0 Å². The second-order valence-electron chi connectivity index (χ2n) is 4.82. The number of hydrogen-bond acceptors (Lipinski definition) is 2. The summed E-state index contributed by atoms with van der Waals surface area (Å²) < 4.78 is 5.76. The Bertz CT molecular complexity index is 768. The molecule has 0 saturated carbocycles. The van der Waals surface area contributed by atoms with Gasteiger partial charge in [-0.1, -0.05) is 41.4 Å². The highest BCUT2D eigenvalue weighted by Gasteiger charge is 2.14. The summed E-state index contributed by atoms with van der Waals surface area (Å²) in [6, 6.07) is 10.7. The Labute approximate surface area is 133 Å². The van der Waals surface area contributed by atoms with Gasteiger partial charge < -0.3 is 4.74 Å². The van der Waals surface area contributed by atoms with E-state index >= 15 is 0 Å². The third-order valence-electron chi connectivity index (χ3n) is 3.19.